The monoisotopic (exact) mass is 460 g/mol. The molecule has 0 aliphatic heterocycles. The van der Waals surface area contributed by atoms with Crippen molar-refractivity contribution >= 4 is 11.6 Å². The molecule has 10 atom stereocenters. The molecule has 0 heterocycles. The third-order valence-electron chi connectivity index (χ3n) is 13.3. The Kier molecular flexibility index (Phi) is 5.38. The van der Waals surface area contributed by atoms with Gasteiger partial charge in [0, 0.05) is 0 Å². The Labute approximate surface area is 203 Å². The summed E-state index contributed by atoms with van der Waals surface area (Å²) in [6, 6.07) is 0. The number of aliphatic hydroxyl groups is 1. The molecule has 0 aromatic rings. The summed E-state index contributed by atoms with van der Waals surface area (Å²) in [5, 5.41) is 11.0. The average molecular weight is 461 g/mol. The average Bonchev–Trinajstić information content (AvgIpc) is 3.31. The van der Waals surface area contributed by atoms with Gasteiger partial charge in [-0.2, -0.15) is 0 Å². The lowest BCUT2D eigenvalue weighted by molar-refractivity contribution is -0.161. The van der Waals surface area contributed by atoms with Gasteiger partial charge < -0.3 is 5.11 Å². The molecular formula is C30H49ClO. The van der Waals surface area contributed by atoms with Crippen molar-refractivity contribution in [2.45, 2.75) is 124 Å². The highest BCUT2D eigenvalue weighted by atomic mass is 35.5. The van der Waals surface area contributed by atoms with Gasteiger partial charge in [0.25, 0.3) is 0 Å². The number of aliphatic hydroxyl groups excluding tert-OH is 1. The number of fused-ring (bicyclic) bond motifs is 2. The lowest BCUT2D eigenvalue weighted by Gasteiger charge is -2.63. The van der Waals surface area contributed by atoms with Crippen LogP contribution in [0.4, 0.5) is 0 Å². The maximum absolute atomic E-state index is 10.8. The highest BCUT2D eigenvalue weighted by molar-refractivity contribution is 6.22. The maximum atomic E-state index is 10.8. The molecule has 0 aromatic carbocycles. The molecule has 1 nitrogen and oxygen atoms in total. The zero-order chi connectivity index (χ0) is 23.3. The van der Waals surface area contributed by atoms with Crippen LogP contribution in [0.25, 0.3) is 0 Å². The molecule has 1 unspecified atom stereocenters. The molecular weight excluding hydrogens is 412 g/mol. The van der Waals surface area contributed by atoms with Gasteiger partial charge in [-0.3, -0.25) is 0 Å². The third-order valence-corrected chi connectivity index (χ3v) is 13.8. The molecule has 0 aromatic heterocycles. The van der Waals surface area contributed by atoms with E-state index in [1.54, 1.807) is 0 Å². The Bertz CT molecular complexity index is 788. The van der Waals surface area contributed by atoms with Gasteiger partial charge in [-0.05, 0) is 128 Å². The predicted molar refractivity (Wildman–Crippen MR) is 136 cm³/mol. The Hall–Kier alpha value is -0.0100. The lowest BCUT2D eigenvalue weighted by atomic mass is 9.41. The number of allylic oxidation sites excluding steroid dienone is 1. The van der Waals surface area contributed by atoms with Gasteiger partial charge in [0.1, 0.15) is 0 Å². The summed E-state index contributed by atoms with van der Waals surface area (Å²) in [6.07, 6.45) is 14.5. The highest BCUT2D eigenvalue weighted by Crippen LogP contribution is 2.89. The van der Waals surface area contributed by atoms with Crippen LogP contribution in [0.15, 0.2) is 12.2 Å². The molecule has 2 spiro atoms. The molecule has 2 heteroatoms. The molecule has 0 amide bonds. The summed E-state index contributed by atoms with van der Waals surface area (Å²) >= 11 is 6.56. The van der Waals surface area contributed by atoms with Crippen LogP contribution in [0.5, 0.6) is 0 Å². The van der Waals surface area contributed by atoms with E-state index >= 15 is 0 Å². The Balaban J connectivity index is 1.39. The van der Waals surface area contributed by atoms with Crippen LogP contribution in [0, 0.1) is 50.7 Å². The normalized spacial score (nSPS) is 52.8. The molecule has 1 N–H and O–H groups in total. The molecule has 5 aliphatic carbocycles. The molecule has 5 saturated carbocycles. The third kappa shape index (κ3) is 2.79. The van der Waals surface area contributed by atoms with E-state index in [1.165, 1.54) is 57.8 Å². The van der Waals surface area contributed by atoms with Gasteiger partial charge in [0.15, 0.2) is 0 Å². The van der Waals surface area contributed by atoms with Crippen LogP contribution < -0.4 is 0 Å². The molecule has 0 radical (unpaired) electrons. The zero-order valence-corrected chi connectivity index (χ0v) is 22.5. The summed E-state index contributed by atoms with van der Waals surface area (Å²) in [7, 11) is 0. The van der Waals surface area contributed by atoms with E-state index in [9.17, 15) is 5.11 Å². The van der Waals surface area contributed by atoms with Crippen LogP contribution in [0.3, 0.4) is 0 Å². The van der Waals surface area contributed by atoms with Crippen molar-refractivity contribution in [1.29, 1.82) is 0 Å². The van der Waals surface area contributed by atoms with Crippen LogP contribution in [-0.2, 0) is 0 Å². The first-order valence-electron chi connectivity index (χ1n) is 13.8. The van der Waals surface area contributed by atoms with E-state index in [-0.39, 0.29) is 16.9 Å². The zero-order valence-electron chi connectivity index (χ0n) is 21.8. The van der Waals surface area contributed by atoms with Crippen molar-refractivity contribution in [3.05, 3.63) is 12.2 Å². The Morgan fingerprint density at radius 3 is 2.25 bits per heavy atom. The molecule has 5 rings (SSSR count). The summed E-state index contributed by atoms with van der Waals surface area (Å²) < 4.78 is 0. The largest absolute Gasteiger partial charge is 0.393 e. The van der Waals surface area contributed by atoms with Crippen LogP contribution in [-0.4, -0.2) is 16.6 Å². The van der Waals surface area contributed by atoms with Crippen LogP contribution >= 0.6 is 11.6 Å². The fourth-order valence-corrected chi connectivity index (χ4v) is 11.3. The summed E-state index contributed by atoms with van der Waals surface area (Å²) in [5.41, 5.74) is 3.35. The first-order valence-corrected chi connectivity index (χ1v) is 14.3. The van der Waals surface area contributed by atoms with Gasteiger partial charge in [-0.15, -0.1) is 11.6 Å². The van der Waals surface area contributed by atoms with E-state index in [0.717, 1.165) is 42.1 Å². The predicted octanol–water partition coefficient (Wildman–Crippen LogP) is 8.39. The summed E-state index contributed by atoms with van der Waals surface area (Å²) in [4.78, 5) is 0. The lowest BCUT2D eigenvalue weighted by Crippen LogP contribution is -2.57. The summed E-state index contributed by atoms with van der Waals surface area (Å²) in [6.45, 7) is 18.9. The molecule has 5 aliphatic rings. The van der Waals surface area contributed by atoms with E-state index in [4.69, 9.17) is 11.6 Å². The minimum atomic E-state index is -0.0987. The number of halogens is 1. The van der Waals surface area contributed by atoms with Crippen molar-refractivity contribution in [3.63, 3.8) is 0 Å². The van der Waals surface area contributed by atoms with Gasteiger partial charge >= 0.3 is 0 Å². The molecule has 0 bridgehead atoms. The van der Waals surface area contributed by atoms with Crippen molar-refractivity contribution in [2.24, 2.45) is 50.7 Å². The van der Waals surface area contributed by atoms with Crippen LogP contribution in [0.1, 0.15) is 112 Å². The second-order valence-electron chi connectivity index (χ2n) is 14.4. The maximum Gasteiger partial charge on any atom is 0.0594 e. The van der Waals surface area contributed by atoms with Crippen LogP contribution in [0.2, 0.25) is 0 Å². The second kappa shape index (κ2) is 7.25. The smallest absolute Gasteiger partial charge is 0.0594 e. The molecule has 32 heavy (non-hydrogen) atoms. The van der Waals surface area contributed by atoms with Gasteiger partial charge in [0.05, 0.1) is 11.5 Å². The highest BCUT2D eigenvalue weighted by Gasteiger charge is 2.82. The Morgan fingerprint density at radius 2 is 1.56 bits per heavy atom. The second-order valence-corrected chi connectivity index (χ2v) is 14.9. The number of alkyl halides is 1. The van der Waals surface area contributed by atoms with Gasteiger partial charge in [-0.25, -0.2) is 0 Å². The molecule has 5 fully saturated rings. The molecule has 182 valence electrons. The molecule has 0 saturated heterocycles. The first kappa shape index (κ1) is 23.7. The van der Waals surface area contributed by atoms with Crippen molar-refractivity contribution < 1.29 is 5.11 Å². The number of rotatable bonds is 5. The fraction of sp³-hybridized carbons (Fsp3) is 0.933. The van der Waals surface area contributed by atoms with E-state index in [0.29, 0.717) is 21.7 Å². The van der Waals surface area contributed by atoms with E-state index in [1.807, 2.05) is 0 Å². The van der Waals surface area contributed by atoms with Gasteiger partial charge in [0.2, 0.25) is 0 Å². The number of hydrogen-bond donors (Lipinski definition) is 1. The van der Waals surface area contributed by atoms with Crippen molar-refractivity contribution in [1.82, 2.24) is 0 Å². The minimum absolute atomic E-state index is 0.0987. The van der Waals surface area contributed by atoms with E-state index in [2.05, 4.69) is 48.1 Å². The quantitative estimate of drug-likeness (QED) is 0.322. The van der Waals surface area contributed by atoms with Gasteiger partial charge in [-0.1, -0.05) is 46.8 Å². The standard InChI is InChI=1S/C30H49ClO/c1-19(2)22(31)9-8-20(3)21-12-14-28(7)24-11-10-23-26(4,5)25(32)13-15-29(23)18-30(24,29)17-16-27(21,28)6/h20-25,32H,1,8-18H2,2-7H3/t20-,21-,22?,23+,24+,25+,27-,28+,29-,30+/m1/s1. The number of hydrogen-bond acceptors (Lipinski definition) is 1. The van der Waals surface area contributed by atoms with Crippen molar-refractivity contribution in [2.75, 3.05) is 0 Å². The topological polar surface area (TPSA) is 20.2 Å². The first-order chi connectivity index (χ1) is 14.9. The SMILES string of the molecule is C=C(C)C(Cl)CC[C@@H](C)[C@H]1CC[C@@]2(C)[C@@H]3CC[C@H]4C(C)(C)[C@@H](O)CC[C@@]45C[C@@]35CC[C@]12C. The summed E-state index contributed by atoms with van der Waals surface area (Å²) in [5.74, 6) is 3.24. The fourth-order valence-electron chi connectivity index (χ4n) is 11.2. The Morgan fingerprint density at radius 1 is 0.906 bits per heavy atom. The van der Waals surface area contributed by atoms with E-state index < -0.39 is 0 Å². The van der Waals surface area contributed by atoms with Crippen molar-refractivity contribution in [3.8, 4) is 0 Å². The minimum Gasteiger partial charge on any atom is -0.393 e.